The number of benzene rings is 2. The van der Waals surface area contributed by atoms with E-state index in [4.69, 9.17) is 22.9 Å². The summed E-state index contributed by atoms with van der Waals surface area (Å²) in [5, 5.41) is 23.9. The van der Waals surface area contributed by atoms with Gasteiger partial charge >= 0.3 is 0 Å². The third-order valence-corrected chi connectivity index (χ3v) is 14.0. The number of hydrogen-bond donors (Lipinski definition) is 14. The number of nitrogens with two attached hydrogens (primary N) is 4. The van der Waals surface area contributed by atoms with E-state index in [-0.39, 0.29) is 50.5 Å². The van der Waals surface area contributed by atoms with Crippen LogP contribution in [0.15, 0.2) is 60.9 Å². The van der Waals surface area contributed by atoms with Gasteiger partial charge in [-0.1, -0.05) is 77.9 Å². The largest absolute Gasteiger partial charge is 0.368 e. The van der Waals surface area contributed by atoms with Gasteiger partial charge in [0.15, 0.2) is 0 Å². The Morgan fingerprint density at radius 3 is 1.09 bits per heavy atom. The molecule has 0 radical (unpaired) electrons. The average Bonchev–Trinajstić information content (AvgIpc) is 4.03. The van der Waals surface area contributed by atoms with Crippen LogP contribution in [0.25, 0.3) is 21.8 Å². The topological polar surface area (TPSA) is 386 Å². The molecule has 2 heterocycles. The second-order valence-corrected chi connectivity index (χ2v) is 21.6. The van der Waals surface area contributed by atoms with Crippen LogP contribution in [0.4, 0.5) is 0 Å². The smallest absolute Gasteiger partial charge is 0.243 e. The molecule has 440 valence electrons. The van der Waals surface area contributed by atoms with E-state index >= 15 is 0 Å². The zero-order valence-corrected chi connectivity index (χ0v) is 47.5. The number of nitrogens with one attached hydrogen (secondary N) is 10. The minimum absolute atomic E-state index is 0.0407. The van der Waals surface area contributed by atoms with Crippen LogP contribution in [0.1, 0.15) is 117 Å². The Morgan fingerprint density at radius 1 is 0.412 bits per heavy atom. The van der Waals surface area contributed by atoms with Crippen molar-refractivity contribution >= 4 is 75.0 Å². The lowest BCUT2D eigenvalue weighted by Crippen LogP contribution is -2.61. The second kappa shape index (κ2) is 32.6. The number of carbonyl (C=O) groups excluding carboxylic acids is 9. The van der Waals surface area contributed by atoms with Crippen molar-refractivity contribution in [1.29, 1.82) is 0 Å². The number of aromatic nitrogens is 2. The van der Waals surface area contributed by atoms with Gasteiger partial charge in [-0.05, 0) is 118 Å². The third-order valence-electron chi connectivity index (χ3n) is 14.0. The number of hydrogen-bond acceptors (Lipinski definition) is 12. The second-order valence-electron chi connectivity index (χ2n) is 21.6. The maximum Gasteiger partial charge on any atom is 0.243 e. The summed E-state index contributed by atoms with van der Waals surface area (Å²) >= 11 is 0. The molecule has 8 atom stereocenters. The number of unbranched alkanes of at least 4 members (excludes halogenated alkanes) is 3. The highest BCUT2D eigenvalue weighted by molar-refractivity contribution is 5.99. The van der Waals surface area contributed by atoms with Crippen molar-refractivity contribution in [1.82, 2.24) is 52.5 Å². The Kier molecular flexibility index (Phi) is 26.6. The van der Waals surface area contributed by atoms with Gasteiger partial charge < -0.3 is 75.4 Å². The molecule has 0 spiro atoms. The Bertz CT molecular complexity index is 2700. The van der Waals surface area contributed by atoms with Crippen molar-refractivity contribution in [3.63, 3.8) is 0 Å². The van der Waals surface area contributed by atoms with Crippen LogP contribution in [-0.4, -0.2) is 131 Å². The molecule has 18 N–H and O–H groups in total. The fraction of sp³-hybridized carbons (Fsp3) is 0.561. The summed E-state index contributed by atoms with van der Waals surface area (Å²) in [5.41, 5.74) is 26.0. The predicted molar refractivity (Wildman–Crippen MR) is 308 cm³/mol. The molecule has 2 aromatic carbocycles. The van der Waals surface area contributed by atoms with Crippen molar-refractivity contribution in [2.75, 3.05) is 19.6 Å². The number of primary amides is 1. The summed E-state index contributed by atoms with van der Waals surface area (Å²) in [6, 6.07) is 5.42. The normalized spacial score (nSPS) is 14.5. The molecule has 23 heteroatoms. The van der Waals surface area contributed by atoms with Crippen LogP contribution >= 0.6 is 0 Å². The molecule has 0 aliphatic carbocycles. The molecule has 2 aromatic heterocycles. The molecule has 9 amide bonds. The standard InChI is InChI=1S/C57H88N14O9/c1-32(2)47(50(61)73)70-53(76)44(24-14-17-27-60)65-54(77)45(28-36-30-62-40-20-10-8-18-38(36)40)68-51(74)43(23-13-16-26-59)67-57(80)49(34(5)6)71-55(78)46(29-37-31-63-41-21-11-9-19-39(37)41)69-52(75)42(22-12-15-25-58)66-56(79)48(33(3)4)64-35(7)72/h8-11,18-21,30-34,42-49,62-63H,12-17,22-29,58-60H2,1-7H3,(H2,61,73)(H,64,72)(H,65,77)(H,66,79)(H,67,80)(H,68,74)(H,69,75)(H,70,76)(H,71,78)/t42-,43-,44-,45-,46-,47-,48-,49-/m0/s1. The number of carbonyl (C=O) groups is 9. The molecule has 0 bridgehead atoms. The Labute approximate surface area is 468 Å². The van der Waals surface area contributed by atoms with Crippen molar-refractivity contribution < 1.29 is 43.2 Å². The zero-order valence-electron chi connectivity index (χ0n) is 47.5. The lowest BCUT2D eigenvalue weighted by atomic mass is 9.98. The predicted octanol–water partition coefficient (Wildman–Crippen LogP) is 1.17. The average molecular weight is 1110 g/mol. The number of aromatic amines is 2. The molecule has 0 saturated carbocycles. The molecular weight excluding hydrogens is 1020 g/mol. The van der Waals surface area contributed by atoms with Crippen LogP contribution in [0.2, 0.25) is 0 Å². The molecule has 0 fully saturated rings. The van der Waals surface area contributed by atoms with E-state index in [1.807, 2.05) is 48.5 Å². The van der Waals surface area contributed by atoms with E-state index in [0.717, 1.165) is 21.8 Å². The van der Waals surface area contributed by atoms with E-state index in [9.17, 15) is 43.2 Å². The highest BCUT2D eigenvalue weighted by Crippen LogP contribution is 2.22. The van der Waals surface area contributed by atoms with Crippen molar-refractivity contribution in [3.8, 4) is 0 Å². The Balaban J connectivity index is 1.67. The monoisotopic (exact) mass is 1110 g/mol. The zero-order chi connectivity index (χ0) is 59.1. The van der Waals surface area contributed by atoms with Gasteiger partial charge in [-0.2, -0.15) is 0 Å². The van der Waals surface area contributed by atoms with Crippen LogP contribution in [0, 0.1) is 17.8 Å². The lowest BCUT2D eigenvalue weighted by molar-refractivity contribution is -0.136. The van der Waals surface area contributed by atoms with Gasteiger partial charge in [0.25, 0.3) is 0 Å². The summed E-state index contributed by atoms with van der Waals surface area (Å²) in [6.45, 7) is 12.6. The molecule has 80 heavy (non-hydrogen) atoms. The van der Waals surface area contributed by atoms with Gasteiger partial charge in [0, 0.05) is 54.0 Å². The van der Waals surface area contributed by atoms with Gasteiger partial charge in [0.05, 0.1) is 0 Å². The number of amides is 9. The summed E-state index contributed by atoms with van der Waals surface area (Å²) < 4.78 is 0. The molecule has 0 unspecified atom stereocenters. The highest BCUT2D eigenvalue weighted by Gasteiger charge is 2.36. The van der Waals surface area contributed by atoms with E-state index < -0.39 is 107 Å². The van der Waals surface area contributed by atoms with E-state index in [1.165, 1.54) is 6.92 Å². The Hall–Kier alpha value is -7.37. The summed E-state index contributed by atoms with van der Waals surface area (Å²) in [5.74, 6) is -7.24. The van der Waals surface area contributed by atoms with Crippen LogP contribution in [0.5, 0.6) is 0 Å². The van der Waals surface area contributed by atoms with Crippen LogP contribution < -0.4 is 65.5 Å². The highest BCUT2D eigenvalue weighted by atomic mass is 16.2. The minimum Gasteiger partial charge on any atom is -0.368 e. The molecule has 4 aromatic rings. The number of para-hydroxylation sites is 2. The van der Waals surface area contributed by atoms with E-state index in [1.54, 1.807) is 53.9 Å². The first kappa shape index (κ1) is 65.2. The molecule has 4 rings (SSSR count). The maximum absolute atomic E-state index is 14.8. The molecular formula is C57H88N14O9. The third kappa shape index (κ3) is 19.8. The Morgan fingerprint density at radius 2 is 0.725 bits per heavy atom. The maximum atomic E-state index is 14.8. The van der Waals surface area contributed by atoms with Crippen molar-refractivity contribution in [2.45, 2.75) is 167 Å². The lowest BCUT2D eigenvalue weighted by Gasteiger charge is -2.29. The van der Waals surface area contributed by atoms with Crippen molar-refractivity contribution in [2.24, 2.45) is 40.7 Å². The fourth-order valence-corrected chi connectivity index (χ4v) is 9.45. The van der Waals surface area contributed by atoms with Crippen LogP contribution in [-0.2, 0) is 56.0 Å². The first-order valence-corrected chi connectivity index (χ1v) is 28.0. The summed E-state index contributed by atoms with van der Waals surface area (Å²) in [6.07, 6.45) is 6.62. The number of H-pyrrole nitrogens is 2. The fourth-order valence-electron chi connectivity index (χ4n) is 9.45. The molecule has 0 aliphatic heterocycles. The SMILES string of the molecule is CC(=O)N[C@H](C(=O)N[C@@H](CCCCN)C(=O)N[C@@H](Cc1c[nH]c2ccccc12)C(=O)N[C@H](C(=O)N[C@@H](CCCCN)C(=O)N[C@@H](Cc1c[nH]c2ccccc12)C(=O)N[C@@H](CCCCN)C(=O)N[C@H](C(N)=O)C(C)C)C(C)C)C(C)C. The summed E-state index contributed by atoms with van der Waals surface area (Å²) in [7, 11) is 0. The van der Waals surface area contributed by atoms with Crippen LogP contribution in [0.3, 0.4) is 0 Å². The first-order valence-electron chi connectivity index (χ1n) is 28.0. The van der Waals surface area contributed by atoms with Crippen molar-refractivity contribution in [3.05, 3.63) is 72.1 Å². The number of fused-ring (bicyclic) bond motifs is 2. The molecule has 0 saturated heterocycles. The first-order chi connectivity index (χ1) is 38.1. The quantitative estimate of drug-likeness (QED) is 0.0289. The van der Waals surface area contributed by atoms with Gasteiger partial charge in [0.1, 0.15) is 48.3 Å². The number of rotatable bonds is 35. The van der Waals surface area contributed by atoms with Gasteiger partial charge in [-0.15, -0.1) is 0 Å². The van der Waals surface area contributed by atoms with Gasteiger partial charge in [-0.3, -0.25) is 43.2 Å². The van der Waals surface area contributed by atoms with E-state index in [0.29, 0.717) is 62.7 Å². The van der Waals surface area contributed by atoms with Gasteiger partial charge in [0.2, 0.25) is 53.2 Å². The minimum atomic E-state index is -1.31. The molecule has 23 nitrogen and oxygen atoms in total. The summed E-state index contributed by atoms with van der Waals surface area (Å²) in [4.78, 5) is 131. The van der Waals surface area contributed by atoms with E-state index in [2.05, 4.69) is 52.5 Å². The molecule has 0 aliphatic rings. The van der Waals surface area contributed by atoms with Gasteiger partial charge in [-0.25, -0.2) is 0 Å².